The number of likely N-dealkylation sites (tertiary alicyclic amines) is 1. The molecule has 0 spiro atoms. The van der Waals surface area contributed by atoms with Crippen LogP contribution in [0.5, 0.6) is 5.75 Å². The van der Waals surface area contributed by atoms with Crippen molar-refractivity contribution in [3.8, 4) is 16.9 Å². The smallest absolute Gasteiger partial charge is 0.227 e. The molecular formula is C24H30N6O2. The van der Waals surface area contributed by atoms with E-state index in [1.807, 2.05) is 73.8 Å². The third-order valence-electron chi connectivity index (χ3n) is 5.90. The highest BCUT2D eigenvalue weighted by Gasteiger charge is 2.28. The number of aryl methyl sites for hydroxylation is 1. The zero-order valence-corrected chi connectivity index (χ0v) is 19.2. The minimum atomic E-state index is 0.143. The van der Waals surface area contributed by atoms with Gasteiger partial charge in [-0.3, -0.25) is 9.48 Å². The van der Waals surface area contributed by atoms with E-state index in [-0.39, 0.29) is 11.8 Å². The van der Waals surface area contributed by atoms with Crippen molar-refractivity contribution in [1.29, 1.82) is 0 Å². The highest BCUT2D eigenvalue weighted by molar-refractivity contribution is 5.79. The van der Waals surface area contributed by atoms with Crippen LogP contribution in [-0.2, 0) is 18.3 Å². The Balaban J connectivity index is 1.56. The van der Waals surface area contributed by atoms with Crippen molar-refractivity contribution in [2.24, 2.45) is 7.05 Å². The monoisotopic (exact) mass is 434 g/mol. The fraction of sp³-hybridized carbons (Fsp3) is 0.417. The van der Waals surface area contributed by atoms with Gasteiger partial charge >= 0.3 is 0 Å². The third-order valence-corrected chi connectivity index (χ3v) is 5.90. The van der Waals surface area contributed by atoms with Gasteiger partial charge in [-0.1, -0.05) is 12.1 Å². The molecule has 32 heavy (non-hydrogen) atoms. The van der Waals surface area contributed by atoms with Crippen molar-refractivity contribution < 1.29 is 9.53 Å². The molecule has 0 bridgehead atoms. The van der Waals surface area contributed by atoms with Crippen molar-refractivity contribution in [2.45, 2.75) is 25.2 Å². The average Bonchev–Trinajstić information content (AvgIpc) is 3.25. The maximum absolute atomic E-state index is 13.1. The molecule has 1 saturated heterocycles. The Hall–Kier alpha value is -3.42. The number of carbonyl (C=O) groups is 1. The molecule has 2 aromatic heterocycles. The SMILES string of the molecule is COc1ccc(CC(=O)N2CCC[C@@H](c3nc(N(C)C)ncc3-c3cnn(C)c3)C2)cc1. The molecule has 4 rings (SSSR count). The van der Waals surface area contributed by atoms with Crippen LogP contribution in [0.1, 0.15) is 30.0 Å². The first-order valence-electron chi connectivity index (χ1n) is 10.9. The Bertz CT molecular complexity index is 1080. The summed E-state index contributed by atoms with van der Waals surface area (Å²) in [5.74, 6) is 1.77. The van der Waals surface area contributed by atoms with Crippen LogP contribution >= 0.6 is 0 Å². The summed E-state index contributed by atoms with van der Waals surface area (Å²) >= 11 is 0. The maximum atomic E-state index is 13.1. The number of hydrogen-bond donors (Lipinski definition) is 0. The highest BCUT2D eigenvalue weighted by Crippen LogP contribution is 2.34. The maximum Gasteiger partial charge on any atom is 0.227 e. The van der Waals surface area contributed by atoms with Gasteiger partial charge in [0.25, 0.3) is 0 Å². The first kappa shape index (κ1) is 21.8. The largest absolute Gasteiger partial charge is 0.497 e. The number of methoxy groups -OCH3 is 1. The molecule has 3 heterocycles. The molecule has 8 nitrogen and oxygen atoms in total. The number of rotatable bonds is 6. The molecule has 0 N–H and O–H groups in total. The topological polar surface area (TPSA) is 76.4 Å². The van der Waals surface area contributed by atoms with E-state index in [0.717, 1.165) is 47.5 Å². The molecule has 1 aliphatic rings. The molecule has 168 valence electrons. The summed E-state index contributed by atoms with van der Waals surface area (Å²) in [7, 11) is 7.42. The molecule has 0 aliphatic carbocycles. The second-order valence-corrected chi connectivity index (χ2v) is 8.47. The summed E-state index contributed by atoms with van der Waals surface area (Å²) in [4.78, 5) is 26.4. The lowest BCUT2D eigenvalue weighted by atomic mass is 9.90. The van der Waals surface area contributed by atoms with E-state index in [9.17, 15) is 4.79 Å². The minimum absolute atomic E-state index is 0.143. The molecule has 0 radical (unpaired) electrons. The number of aromatic nitrogens is 4. The second-order valence-electron chi connectivity index (χ2n) is 8.47. The van der Waals surface area contributed by atoms with E-state index in [2.05, 4.69) is 10.1 Å². The van der Waals surface area contributed by atoms with Crippen molar-refractivity contribution in [3.05, 3.63) is 54.1 Å². The predicted molar refractivity (Wildman–Crippen MR) is 124 cm³/mol. The molecule has 1 aromatic carbocycles. The van der Waals surface area contributed by atoms with Gasteiger partial charge in [-0.2, -0.15) is 5.10 Å². The summed E-state index contributed by atoms with van der Waals surface area (Å²) < 4.78 is 6.99. The molecule has 1 aliphatic heterocycles. The summed E-state index contributed by atoms with van der Waals surface area (Å²) in [5, 5.41) is 4.32. The lowest BCUT2D eigenvalue weighted by Crippen LogP contribution is -2.40. The number of ether oxygens (including phenoxy) is 1. The molecule has 8 heteroatoms. The Kier molecular flexibility index (Phi) is 6.39. The van der Waals surface area contributed by atoms with Crippen molar-refractivity contribution in [3.63, 3.8) is 0 Å². The van der Waals surface area contributed by atoms with Crippen LogP contribution in [0.4, 0.5) is 5.95 Å². The minimum Gasteiger partial charge on any atom is -0.497 e. The molecule has 0 unspecified atom stereocenters. The van der Waals surface area contributed by atoms with Gasteiger partial charge in [0, 0.05) is 63.7 Å². The lowest BCUT2D eigenvalue weighted by molar-refractivity contribution is -0.131. The van der Waals surface area contributed by atoms with Crippen molar-refractivity contribution in [1.82, 2.24) is 24.6 Å². The van der Waals surface area contributed by atoms with Gasteiger partial charge in [0.2, 0.25) is 11.9 Å². The van der Waals surface area contributed by atoms with Gasteiger partial charge < -0.3 is 14.5 Å². The number of carbonyl (C=O) groups excluding carboxylic acids is 1. The molecule has 1 amide bonds. The Morgan fingerprint density at radius 2 is 2.00 bits per heavy atom. The zero-order chi connectivity index (χ0) is 22.7. The fourth-order valence-corrected chi connectivity index (χ4v) is 4.15. The molecule has 3 aromatic rings. The van der Waals surface area contributed by atoms with Crippen LogP contribution < -0.4 is 9.64 Å². The zero-order valence-electron chi connectivity index (χ0n) is 19.2. The number of amides is 1. The lowest BCUT2D eigenvalue weighted by Gasteiger charge is -2.33. The first-order chi connectivity index (χ1) is 15.4. The van der Waals surface area contributed by atoms with Crippen LogP contribution in [0.15, 0.2) is 42.9 Å². The van der Waals surface area contributed by atoms with Crippen molar-refractivity contribution >= 4 is 11.9 Å². The van der Waals surface area contributed by atoms with Crippen LogP contribution in [0, 0.1) is 0 Å². The predicted octanol–water partition coefficient (Wildman–Crippen LogP) is 2.90. The summed E-state index contributed by atoms with van der Waals surface area (Å²) in [6.45, 7) is 1.44. The van der Waals surface area contributed by atoms with Crippen LogP contribution in [0.3, 0.4) is 0 Å². The van der Waals surface area contributed by atoms with Gasteiger partial charge in [0.1, 0.15) is 5.75 Å². The first-order valence-corrected chi connectivity index (χ1v) is 10.9. The Labute approximate surface area is 188 Å². The Morgan fingerprint density at radius 1 is 1.22 bits per heavy atom. The van der Waals surface area contributed by atoms with Crippen molar-refractivity contribution in [2.75, 3.05) is 39.2 Å². The van der Waals surface area contributed by atoms with Gasteiger partial charge in [0.15, 0.2) is 0 Å². The quantitative estimate of drug-likeness (QED) is 0.594. The number of anilines is 1. The van der Waals surface area contributed by atoms with Gasteiger partial charge in [-0.25, -0.2) is 9.97 Å². The Morgan fingerprint density at radius 3 is 2.66 bits per heavy atom. The summed E-state index contributed by atoms with van der Waals surface area (Å²) in [6.07, 6.45) is 8.03. The third kappa shape index (κ3) is 4.74. The highest BCUT2D eigenvalue weighted by atomic mass is 16.5. The standard InChI is InChI=1S/C24H30N6O2/c1-28(2)24-25-14-21(19-13-26-29(3)15-19)23(27-24)18-6-5-11-30(16-18)22(31)12-17-7-9-20(32-4)10-8-17/h7-10,13-15,18H,5-6,11-12,16H2,1-4H3/t18-/m1/s1. The van der Waals surface area contributed by atoms with E-state index in [1.165, 1.54) is 0 Å². The molecule has 1 atom stereocenters. The molecule has 1 fully saturated rings. The van der Waals surface area contributed by atoms with Crippen LogP contribution in [0.2, 0.25) is 0 Å². The van der Waals surface area contributed by atoms with E-state index in [1.54, 1.807) is 11.8 Å². The van der Waals surface area contributed by atoms with Crippen LogP contribution in [0.25, 0.3) is 11.1 Å². The van der Waals surface area contributed by atoms with E-state index in [0.29, 0.717) is 18.9 Å². The number of nitrogens with zero attached hydrogens (tertiary/aromatic N) is 6. The normalized spacial score (nSPS) is 16.1. The second kappa shape index (κ2) is 9.38. The molecular weight excluding hydrogens is 404 g/mol. The fourth-order valence-electron chi connectivity index (χ4n) is 4.15. The number of piperidine rings is 1. The van der Waals surface area contributed by atoms with Gasteiger partial charge in [-0.15, -0.1) is 0 Å². The average molecular weight is 435 g/mol. The number of benzene rings is 1. The van der Waals surface area contributed by atoms with Crippen LogP contribution in [-0.4, -0.2) is 64.9 Å². The van der Waals surface area contributed by atoms with Gasteiger partial charge in [-0.05, 0) is 30.5 Å². The molecule has 0 saturated carbocycles. The summed E-state index contributed by atoms with van der Waals surface area (Å²) in [5.41, 5.74) is 3.96. The van der Waals surface area contributed by atoms with E-state index >= 15 is 0 Å². The van der Waals surface area contributed by atoms with E-state index < -0.39 is 0 Å². The van der Waals surface area contributed by atoms with Gasteiger partial charge in [0.05, 0.1) is 25.4 Å². The van der Waals surface area contributed by atoms with E-state index in [4.69, 9.17) is 9.72 Å². The number of hydrogen-bond acceptors (Lipinski definition) is 6. The summed E-state index contributed by atoms with van der Waals surface area (Å²) in [6, 6.07) is 7.69.